The van der Waals surface area contributed by atoms with Gasteiger partial charge in [0.15, 0.2) is 0 Å². The Bertz CT molecular complexity index is 753. The van der Waals surface area contributed by atoms with Gasteiger partial charge in [-0.05, 0) is 30.7 Å². The van der Waals surface area contributed by atoms with Crippen molar-refractivity contribution in [1.82, 2.24) is 14.3 Å². The van der Waals surface area contributed by atoms with Gasteiger partial charge in [-0.1, -0.05) is 0 Å². The Hall–Kier alpha value is -2.19. The van der Waals surface area contributed by atoms with E-state index in [2.05, 4.69) is 9.71 Å². The topological polar surface area (TPSA) is 101 Å². The van der Waals surface area contributed by atoms with E-state index >= 15 is 0 Å². The fraction of sp³-hybridized carbons (Fsp3) is 0.231. The van der Waals surface area contributed by atoms with E-state index in [9.17, 15) is 13.2 Å². The van der Waals surface area contributed by atoms with Crippen molar-refractivity contribution in [3.8, 4) is 0 Å². The summed E-state index contributed by atoms with van der Waals surface area (Å²) in [6.07, 6.45) is 4.42. The molecule has 0 amide bonds. The number of nitrogens with one attached hydrogen (secondary N) is 1. The lowest BCUT2D eigenvalue weighted by molar-refractivity contribution is 0.0686. The quantitative estimate of drug-likeness (QED) is 0.863. The lowest BCUT2D eigenvalue weighted by atomic mass is 10.1. The summed E-state index contributed by atoms with van der Waals surface area (Å²) in [7, 11) is -2.32. The minimum Gasteiger partial charge on any atom is -0.477 e. The third-order valence-corrected chi connectivity index (χ3v) is 4.56. The highest BCUT2D eigenvalue weighted by Crippen LogP contribution is 2.18. The fourth-order valence-corrected chi connectivity index (χ4v) is 3.22. The van der Waals surface area contributed by atoms with Gasteiger partial charge in [0.25, 0.3) is 0 Å². The average molecular weight is 309 g/mol. The first-order valence-corrected chi connectivity index (χ1v) is 7.61. The molecule has 2 aromatic rings. The van der Waals surface area contributed by atoms with Crippen molar-refractivity contribution in [2.75, 3.05) is 0 Å². The first kappa shape index (κ1) is 15.2. The van der Waals surface area contributed by atoms with E-state index in [-0.39, 0.29) is 10.6 Å². The van der Waals surface area contributed by atoms with E-state index in [0.29, 0.717) is 0 Å². The van der Waals surface area contributed by atoms with Gasteiger partial charge in [-0.2, -0.15) is 0 Å². The van der Waals surface area contributed by atoms with Gasteiger partial charge in [0.1, 0.15) is 10.6 Å². The predicted octanol–water partition coefficient (Wildman–Crippen LogP) is 1.16. The monoisotopic (exact) mass is 309 g/mol. The maximum atomic E-state index is 12.3. The number of hydrogen-bond donors (Lipinski definition) is 2. The second-order valence-electron chi connectivity index (χ2n) is 4.60. The maximum absolute atomic E-state index is 12.3. The van der Waals surface area contributed by atoms with Gasteiger partial charge in [0.2, 0.25) is 10.0 Å². The normalized spacial score (nSPS) is 13.0. The summed E-state index contributed by atoms with van der Waals surface area (Å²) in [5.41, 5.74) is 0.676. The van der Waals surface area contributed by atoms with Crippen molar-refractivity contribution in [3.63, 3.8) is 0 Å². The second-order valence-corrected chi connectivity index (χ2v) is 6.31. The fourth-order valence-electron chi connectivity index (χ4n) is 1.91. The van der Waals surface area contributed by atoms with Crippen LogP contribution in [0.1, 0.15) is 29.0 Å². The second kappa shape index (κ2) is 5.66. The number of aromatic carboxylic acids is 1. The highest BCUT2D eigenvalue weighted by molar-refractivity contribution is 7.89. The van der Waals surface area contributed by atoms with Crippen molar-refractivity contribution >= 4 is 16.0 Å². The maximum Gasteiger partial charge on any atom is 0.352 e. The molecular formula is C13H15N3O4S. The van der Waals surface area contributed by atoms with Crippen molar-refractivity contribution in [3.05, 3.63) is 48.0 Å². The Morgan fingerprint density at radius 2 is 2.00 bits per heavy atom. The van der Waals surface area contributed by atoms with Crippen LogP contribution < -0.4 is 4.72 Å². The summed E-state index contributed by atoms with van der Waals surface area (Å²) in [5, 5.41) is 8.96. The van der Waals surface area contributed by atoms with E-state index in [1.807, 2.05) is 0 Å². The molecule has 2 heterocycles. The van der Waals surface area contributed by atoms with Crippen LogP contribution in [-0.2, 0) is 17.1 Å². The van der Waals surface area contributed by atoms with Gasteiger partial charge >= 0.3 is 5.97 Å². The van der Waals surface area contributed by atoms with Gasteiger partial charge in [-0.25, -0.2) is 17.9 Å². The smallest absolute Gasteiger partial charge is 0.352 e. The van der Waals surface area contributed by atoms with Crippen LogP contribution >= 0.6 is 0 Å². The molecule has 0 aliphatic heterocycles. The summed E-state index contributed by atoms with van der Waals surface area (Å²) in [6, 6.07) is 4.09. The molecule has 7 nitrogen and oxygen atoms in total. The summed E-state index contributed by atoms with van der Waals surface area (Å²) in [6.45, 7) is 1.70. The summed E-state index contributed by atoms with van der Waals surface area (Å²) >= 11 is 0. The number of carboxylic acid groups (broad SMARTS) is 1. The van der Waals surface area contributed by atoms with Crippen LogP contribution in [0.15, 0.2) is 41.7 Å². The van der Waals surface area contributed by atoms with Gasteiger partial charge in [-0.3, -0.25) is 4.98 Å². The third-order valence-electron chi connectivity index (χ3n) is 3.05. The highest BCUT2D eigenvalue weighted by atomic mass is 32.2. The first-order chi connectivity index (χ1) is 9.81. The molecule has 0 fully saturated rings. The number of sulfonamides is 1. The van der Waals surface area contributed by atoms with E-state index < -0.39 is 22.0 Å². The zero-order valence-electron chi connectivity index (χ0n) is 11.5. The Balaban J connectivity index is 2.27. The number of aryl methyl sites for hydroxylation is 1. The summed E-state index contributed by atoms with van der Waals surface area (Å²) in [4.78, 5) is 14.8. The number of rotatable bonds is 5. The number of pyridine rings is 1. The zero-order chi connectivity index (χ0) is 15.6. The largest absolute Gasteiger partial charge is 0.477 e. The van der Waals surface area contributed by atoms with E-state index in [1.165, 1.54) is 17.8 Å². The van der Waals surface area contributed by atoms with Gasteiger partial charge in [0.05, 0.1) is 0 Å². The third kappa shape index (κ3) is 3.29. The molecule has 0 saturated heterocycles. The molecule has 0 bridgehead atoms. The molecule has 21 heavy (non-hydrogen) atoms. The van der Waals surface area contributed by atoms with E-state index in [1.54, 1.807) is 31.5 Å². The molecule has 0 unspecified atom stereocenters. The molecule has 2 N–H and O–H groups in total. The minimum absolute atomic E-state index is 0.0803. The molecule has 0 radical (unpaired) electrons. The molecular weight excluding hydrogens is 294 g/mol. The molecule has 8 heteroatoms. The number of carboxylic acids is 1. The van der Waals surface area contributed by atoms with Crippen LogP contribution in [-0.4, -0.2) is 29.0 Å². The first-order valence-electron chi connectivity index (χ1n) is 6.13. The van der Waals surface area contributed by atoms with E-state index in [0.717, 1.165) is 11.6 Å². The van der Waals surface area contributed by atoms with Gasteiger partial charge in [-0.15, -0.1) is 0 Å². The zero-order valence-corrected chi connectivity index (χ0v) is 12.3. The lowest BCUT2D eigenvalue weighted by Crippen LogP contribution is -2.26. The van der Waals surface area contributed by atoms with Crippen LogP contribution in [0.5, 0.6) is 0 Å². The number of carbonyl (C=O) groups is 1. The van der Waals surface area contributed by atoms with Crippen LogP contribution in [0, 0.1) is 0 Å². The molecule has 112 valence electrons. The van der Waals surface area contributed by atoms with Crippen molar-refractivity contribution in [1.29, 1.82) is 0 Å². The molecule has 0 spiro atoms. The average Bonchev–Trinajstić information content (AvgIpc) is 2.82. The van der Waals surface area contributed by atoms with Crippen molar-refractivity contribution < 1.29 is 18.3 Å². The molecule has 1 atom stereocenters. The Morgan fingerprint density at radius 3 is 2.52 bits per heavy atom. The molecule has 0 aliphatic carbocycles. The molecule has 0 saturated carbocycles. The Morgan fingerprint density at radius 1 is 1.38 bits per heavy atom. The number of aromatic nitrogens is 2. The Kier molecular flexibility index (Phi) is 4.10. The highest BCUT2D eigenvalue weighted by Gasteiger charge is 2.22. The molecule has 2 aromatic heterocycles. The van der Waals surface area contributed by atoms with Gasteiger partial charge < -0.3 is 9.67 Å². The van der Waals surface area contributed by atoms with Crippen molar-refractivity contribution in [2.45, 2.75) is 17.9 Å². The molecule has 0 aliphatic rings. The van der Waals surface area contributed by atoms with Crippen LogP contribution in [0.4, 0.5) is 0 Å². The Labute approximate surface area is 122 Å². The van der Waals surface area contributed by atoms with Crippen LogP contribution in [0.25, 0.3) is 0 Å². The number of hydrogen-bond acceptors (Lipinski definition) is 4. The molecule has 2 rings (SSSR count). The van der Waals surface area contributed by atoms with Crippen LogP contribution in [0.3, 0.4) is 0 Å². The standard InChI is InChI=1S/C13H15N3O4S/c1-9(10-3-5-14-6-4-10)15-21(19,20)11-7-12(13(17)18)16(2)8-11/h3-9,15H,1-2H3,(H,17,18)/t9-/m0/s1. The summed E-state index contributed by atoms with van der Waals surface area (Å²) < 4.78 is 28.3. The number of nitrogens with zero attached hydrogens (tertiary/aromatic N) is 2. The summed E-state index contributed by atoms with van der Waals surface area (Å²) in [5.74, 6) is -1.18. The minimum atomic E-state index is -3.80. The van der Waals surface area contributed by atoms with E-state index in [4.69, 9.17) is 5.11 Å². The van der Waals surface area contributed by atoms with Gasteiger partial charge in [0, 0.05) is 31.7 Å². The SMILES string of the molecule is C[C@H](NS(=O)(=O)c1cc(C(=O)O)n(C)c1)c1ccncc1. The predicted molar refractivity (Wildman–Crippen MR) is 75.3 cm³/mol. The molecule has 0 aromatic carbocycles. The lowest BCUT2D eigenvalue weighted by Gasteiger charge is -2.13. The van der Waals surface area contributed by atoms with Crippen LogP contribution in [0.2, 0.25) is 0 Å². The van der Waals surface area contributed by atoms with Crippen molar-refractivity contribution in [2.24, 2.45) is 7.05 Å².